The Bertz CT molecular complexity index is 384. The van der Waals surface area contributed by atoms with E-state index in [9.17, 15) is 8.78 Å². The highest BCUT2D eigenvalue weighted by Gasteiger charge is 2.23. The molecule has 0 saturated heterocycles. The van der Waals surface area contributed by atoms with E-state index in [2.05, 4.69) is 23.9 Å². The third-order valence-electron chi connectivity index (χ3n) is 3.63. The van der Waals surface area contributed by atoms with Gasteiger partial charge in [0.1, 0.15) is 5.75 Å². The van der Waals surface area contributed by atoms with Gasteiger partial charge in [-0.2, -0.15) is 8.78 Å². The standard InChI is InChI=1S/C15H21F2NO/c1-10-7-11(2)9-13(8-10)18-12-3-5-14(6-4-12)19-15(16)17/h3-6,10-11,13,15,18H,7-9H2,1-2H3. The predicted octanol–water partition coefficient (Wildman–Crippen LogP) is 4.52. The molecule has 2 atom stereocenters. The molecule has 0 heterocycles. The van der Waals surface area contributed by atoms with Crippen LogP contribution in [0, 0.1) is 11.8 Å². The smallest absolute Gasteiger partial charge is 0.387 e. The van der Waals surface area contributed by atoms with Crippen LogP contribution in [0.15, 0.2) is 24.3 Å². The minimum Gasteiger partial charge on any atom is -0.435 e. The molecule has 4 heteroatoms. The zero-order valence-corrected chi connectivity index (χ0v) is 11.4. The van der Waals surface area contributed by atoms with Gasteiger partial charge < -0.3 is 10.1 Å². The van der Waals surface area contributed by atoms with Gasteiger partial charge in [-0.15, -0.1) is 0 Å². The highest BCUT2D eigenvalue weighted by atomic mass is 19.3. The summed E-state index contributed by atoms with van der Waals surface area (Å²) in [6.45, 7) is 1.80. The third-order valence-corrected chi connectivity index (χ3v) is 3.63. The fourth-order valence-corrected chi connectivity index (χ4v) is 3.03. The molecule has 1 aliphatic carbocycles. The number of alkyl halides is 2. The second-order valence-corrected chi connectivity index (χ2v) is 5.66. The maximum atomic E-state index is 12.0. The second kappa shape index (κ2) is 6.22. The predicted molar refractivity (Wildman–Crippen MR) is 72.7 cm³/mol. The van der Waals surface area contributed by atoms with Crippen LogP contribution in [0.25, 0.3) is 0 Å². The van der Waals surface area contributed by atoms with Crippen LogP contribution in [0.3, 0.4) is 0 Å². The highest BCUT2D eigenvalue weighted by Crippen LogP contribution is 2.30. The Labute approximate surface area is 113 Å². The van der Waals surface area contributed by atoms with Crippen molar-refractivity contribution in [3.63, 3.8) is 0 Å². The Morgan fingerprint density at radius 1 is 1.05 bits per heavy atom. The number of halogens is 2. The van der Waals surface area contributed by atoms with Crippen molar-refractivity contribution in [3.05, 3.63) is 24.3 Å². The molecule has 0 amide bonds. The molecule has 19 heavy (non-hydrogen) atoms. The molecular weight excluding hydrogens is 248 g/mol. The SMILES string of the molecule is CC1CC(C)CC(Nc2ccc(OC(F)F)cc2)C1. The zero-order chi connectivity index (χ0) is 13.8. The first-order valence-corrected chi connectivity index (χ1v) is 6.84. The molecule has 1 N–H and O–H groups in total. The molecule has 1 aromatic rings. The van der Waals surface area contributed by atoms with Crippen LogP contribution in [0.4, 0.5) is 14.5 Å². The van der Waals surface area contributed by atoms with E-state index >= 15 is 0 Å². The Hall–Kier alpha value is -1.32. The van der Waals surface area contributed by atoms with E-state index in [0.717, 1.165) is 17.5 Å². The van der Waals surface area contributed by atoms with Crippen molar-refractivity contribution >= 4 is 5.69 Å². The van der Waals surface area contributed by atoms with Gasteiger partial charge in [0.25, 0.3) is 0 Å². The van der Waals surface area contributed by atoms with Crippen LogP contribution in [-0.4, -0.2) is 12.7 Å². The molecule has 0 bridgehead atoms. The minimum atomic E-state index is -2.76. The Morgan fingerprint density at radius 3 is 2.16 bits per heavy atom. The monoisotopic (exact) mass is 269 g/mol. The van der Waals surface area contributed by atoms with Crippen molar-refractivity contribution in [2.45, 2.75) is 45.8 Å². The van der Waals surface area contributed by atoms with E-state index in [4.69, 9.17) is 0 Å². The normalized spacial score (nSPS) is 27.3. The number of hydrogen-bond acceptors (Lipinski definition) is 2. The van der Waals surface area contributed by atoms with Gasteiger partial charge >= 0.3 is 6.61 Å². The van der Waals surface area contributed by atoms with Crippen LogP contribution >= 0.6 is 0 Å². The number of ether oxygens (including phenoxy) is 1. The highest BCUT2D eigenvalue weighted by molar-refractivity contribution is 5.47. The van der Waals surface area contributed by atoms with Gasteiger partial charge in [-0.1, -0.05) is 13.8 Å². The molecule has 2 nitrogen and oxygen atoms in total. The van der Waals surface area contributed by atoms with Crippen LogP contribution in [0.5, 0.6) is 5.75 Å². The first kappa shape index (κ1) is 14.1. The van der Waals surface area contributed by atoms with Gasteiger partial charge in [-0.05, 0) is 55.4 Å². The van der Waals surface area contributed by atoms with Crippen molar-refractivity contribution in [2.75, 3.05) is 5.32 Å². The van der Waals surface area contributed by atoms with E-state index < -0.39 is 6.61 Å². The topological polar surface area (TPSA) is 21.3 Å². The lowest BCUT2D eigenvalue weighted by Crippen LogP contribution is -2.30. The van der Waals surface area contributed by atoms with Gasteiger partial charge in [-0.3, -0.25) is 0 Å². The number of anilines is 1. The fraction of sp³-hybridized carbons (Fsp3) is 0.600. The summed E-state index contributed by atoms with van der Waals surface area (Å²) in [6, 6.07) is 7.21. The Kier molecular flexibility index (Phi) is 4.61. The summed E-state index contributed by atoms with van der Waals surface area (Å²) in [5.74, 6) is 1.68. The first-order valence-electron chi connectivity index (χ1n) is 6.84. The number of benzene rings is 1. The molecule has 0 spiro atoms. The molecule has 1 aromatic carbocycles. The summed E-state index contributed by atoms with van der Waals surface area (Å²) in [5.41, 5.74) is 0.966. The summed E-state index contributed by atoms with van der Waals surface area (Å²) in [4.78, 5) is 0. The van der Waals surface area contributed by atoms with Gasteiger partial charge in [0.15, 0.2) is 0 Å². The molecule has 1 fully saturated rings. The zero-order valence-electron chi connectivity index (χ0n) is 11.4. The van der Waals surface area contributed by atoms with Crippen LogP contribution in [0.2, 0.25) is 0 Å². The fourth-order valence-electron chi connectivity index (χ4n) is 3.03. The third kappa shape index (κ3) is 4.37. The van der Waals surface area contributed by atoms with Crippen molar-refractivity contribution in [1.82, 2.24) is 0 Å². The second-order valence-electron chi connectivity index (χ2n) is 5.66. The molecule has 2 rings (SSSR count). The van der Waals surface area contributed by atoms with E-state index in [0.29, 0.717) is 6.04 Å². The average Bonchev–Trinajstić information content (AvgIpc) is 2.29. The lowest BCUT2D eigenvalue weighted by Gasteiger charge is -2.32. The van der Waals surface area contributed by atoms with Gasteiger partial charge in [0.2, 0.25) is 0 Å². The molecule has 0 aliphatic heterocycles. The van der Waals surface area contributed by atoms with E-state index in [1.165, 1.54) is 19.3 Å². The van der Waals surface area contributed by atoms with Crippen molar-refractivity contribution in [1.29, 1.82) is 0 Å². The maximum absolute atomic E-state index is 12.0. The summed E-state index contributed by atoms with van der Waals surface area (Å²) in [5, 5.41) is 3.48. The number of nitrogens with one attached hydrogen (secondary N) is 1. The lowest BCUT2D eigenvalue weighted by atomic mass is 9.80. The average molecular weight is 269 g/mol. The van der Waals surface area contributed by atoms with Gasteiger partial charge in [0, 0.05) is 11.7 Å². The molecule has 0 aromatic heterocycles. The molecule has 0 radical (unpaired) electrons. The maximum Gasteiger partial charge on any atom is 0.387 e. The van der Waals surface area contributed by atoms with Gasteiger partial charge in [0.05, 0.1) is 0 Å². The summed E-state index contributed by atoms with van der Waals surface area (Å²) >= 11 is 0. The molecule has 1 saturated carbocycles. The largest absolute Gasteiger partial charge is 0.435 e. The molecular formula is C15H21F2NO. The van der Waals surface area contributed by atoms with Crippen LogP contribution < -0.4 is 10.1 Å². The van der Waals surface area contributed by atoms with E-state index in [-0.39, 0.29) is 5.75 Å². The quantitative estimate of drug-likeness (QED) is 0.867. The molecule has 1 aliphatic rings. The first-order chi connectivity index (χ1) is 9.02. The number of rotatable bonds is 4. The molecule has 106 valence electrons. The number of hydrogen-bond donors (Lipinski definition) is 1. The van der Waals surface area contributed by atoms with Crippen molar-refractivity contribution in [3.8, 4) is 5.75 Å². The summed E-state index contributed by atoms with van der Waals surface area (Å²) in [6.07, 6.45) is 3.62. The summed E-state index contributed by atoms with van der Waals surface area (Å²) in [7, 11) is 0. The summed E-state index contributed by atoms with van der Waals surface area (Å²) < 4.78 is 28.4. The van der Waals surface area contributed by atoms with Crippen LogP contribution in [0.1, 0.15) is 33.1 Å². The molecule has 2 unspecified atom stereocenters. The van der Waals surface area contributed by atoms with E-state index in [1.54, 1.807) is 24.3 Å². The van der Waals surface area contributed by atoms with Gasteiger partial charge in [-0.25, -0.2) is 0 Å². The van der Waals surface area contributed by atoms with Crippen LogP contribution in [-0.2, 0) is 0 Å². The Morgan fingerprint density at radius 2 is 1.63 bits per heavy atom. The van der Waals surface area contributed by atoms with E-state index in [1.807, 2.05) is 0 Å². The lowest BCUT2D eigenvalue weighted by molar-refractivity contribution is -0.0498. The van der Waals surface area contributed by atoms with Crippen molar-refractivity contribution in [2.24, 2.45) is 11.8 Å². The van der Waals surface area contributed by atoms with Crippen molar-refractivity contribution < 1.29 is 13.5 Å². The minimum absolute atomic E-state index is 0.200. The Balaban J connectivity index is 1.92.